The van der Waals surface area contributed by atoms with Crippen LogP contribution in [0.4, 0.5) is 0 Å². The van der Waals surface area contributed by atoms with E-state index in [9.17, 15) is 19.2 Å². The molecule has 0 spiro atoms. The molecule has 1 saturated carbocycles. The molecule has 11 heteroatoms. The van der Waals surface area contributed by atoms with E-state index >= 15 is 0 Å². The summed E-state index contributed by atoms with van der Waals surface area (Å²) < 4.78 is 13.8. The second kappa shape index (κ2) is 13.7. The number of nitrogens with zero attached hydrogens (tertiary/aromatic N) is 2. The predicted octanol–water partition coefficient (Wildman–Crippen LogP) is 3.68. The van der Waals surface area contributed by atoms with Gasteiger partial charge in [0.05, 0.1) is 19.7 Å². The maximum absolute atomic E-state index is 13.6. The van der Waals surface area contributed by atoms with Crippen molar-refractivity contribution in [3.63, 3.8) is 0 Å². The van der Waals surface area contributed by atoms with E-state index in [0.29, 0.717) is 41.1 Å². The van der Waals surface area contributed by atoms with Crippen molar-refractivity contribution >= 4 is 33.4 Å². The third-order valence-corrected chi connectivity index (χ3v) is 8.96. The van der Waals surface area contributed by atoms with Crippen LogP contribution < -0.4 is 31.4 Å². The number of thiophene rings is 1. The summed E-state index contributed by atoms with van der Waals surface area (Å²) in [5.41, 5.74) is 1.39. The molecule has 226 valence electrons. The fraction of sp³-hybridized carbons (Fsp3) is 0.375. The monoisotopic (exact) mass is 604 g/mol. The number of amides is 2. The van der Waals surface area contributed by atoms with Gasteiger partial charge in [-0.15, -0.1) is 11.3 Å². The molecule has 2 N–H and O–H groups in total. The first kappa shape index (κ1) is 30.1. The van der Waals surface area contributed by atoms with E-state index in [2.05, 4.69) is 10.6 Å². The zero-order valence-electron chi connectivity index (χ0n) is 24.3. The van der Waals surface area contributed by atoms with E-state index in [4.69, 9.17) is 9.47 Å². The highest BCUT2D eigenvalue weighted by Crippen LogP contribution is 2.31. The molecule has 2 heterocycles. The number of para-hydroxylation sites is 1. The summed E-state index contributed by atoms with van der Waals surface area (Å²) in [6.45, 7) is 0.706. The van der Waals surface area contributed by atoms with Crippen molar-refractivity contribution < 1.29 is 19.1 Å². The third kappa shape index (κ3) is 6.83. The normalized spacial score (nSPS) is 16.5. The molecule has 0 unspecified atom stereocenters. The average Bonchev–Trinajstić information content (AvgIpc) is 3.53. The maximum Gasteiger partial charge on any atom is 0.332 e. The number of rotatable bonds is 11. The van der Waals surface area contributed by atoms with Crippen LogP contribution in [-0.4, -0.2) is 35.2 Å². The molecular formula is C32H36N4O6S. The second-order valence-electron chi connectivity index (χ2n) is 10.8. The van der Waals surface area contributed by atoms with Crippen molar-refractivity contribution in [3.8, 4) is 11.5 Å². The molecule has 0 saturated heterocycles. The molecule has 10 nitrogen and oxygen atoms in total. The summed E-state index contributed by atoms with van der Waals surface area (Å²) in [4.78, 5) is 52.7. The number of methoxy groups -OCH3 is 2. The molecule has 1 aliphatic carbocycles. The van der Waals surface area contributed by atoms with Gasteiger partial charge in [0.1, 0.15) is 11.2 Å². The van der Waals surface area contributed by atoms with Gasteiger partial charge < -0.3 is 20.1 Å². The predicted molar refractivity (Wildman–Crippen MR) is 165 cm³/mol. The van der Waals surface area contributed by atoms with Crippen LogP contribution in [0, 0.1) is 11.8 Å². The summed E-state index contributed by atoms with van der Waals surface area (Å²) >= 11 is 1.26. The number of hydrogen-bond acceptors (Lipinski definition) is 7. The Hall–Kier alpha value is -4.38. The molecule has 0 aliphatic heterocycles. The average molecular weight is 605 g/mol. The lowest BCUT2D eigenvalue weighted by Gasteiger charge is -2.28. The van der Waals surface area contributed by atoms with E-state index in [-0.39, 0.29) is 48.8 Å². The lowest BCUT2D eigenvalue weighted by atomic mass is 9.81. The third-order valence-electron chi connectivity index (χ3n) is 8.07. The summed E-state index contributed by atoms with van der Waals surface area (Å²) in [7, 11) is 3.08. The molecule has 43 heavy (non-hydrogen) atoms. The molecular weight excluding hydrogens is 568 g/mol. The fourth-order valence-electron chi connectivity index (χ4n) is 5.73. The first-order valence-electron chi connectivity index (χ1n) is 14.4. The van der Waals surface area contributed by atoms with Crippen molar-refractivity contribution in [2.75, 3.05) is 14.2 Å². The first-order valence-corrected chi connectivity index (χ1v) is 15.3. The smallest absolute Gasteiger partial charge is 0.332 e. The standard InChI is InChI=1S/C32H36N4O6S/c1-41-26-10-6-9-24(28(26)42-2)18-33-27(37)20-35-25-15-16-43-29(25)31(39)36(32(35)40)19-22-11-13-23(14-12-22)30(38)34-17-21-7-4-3-5-8-21/h3-10,15-16,22-23H,11-14,17-20H2,1-2H3,(H,33,37)(H,34,38). The van der Waals surface area contributed by atoms with Crippen molar-refractivity contribution in [1.82, 2.24) is 19.8 Å². The Morgan fingerprint density at radius 2 is 1.65 bits per heavy atom. The van der Waals surface area contributed by atoms with Crippen LogP contribution in [0.15, 0.2) is 69.6 Å². The van der Waals surface area contributed by atoms with Gasteiger partial charge in [0.15, 0.2) is 11.5 Å². The molecule has 1 fully saturated rings. The topological polar surface area (TPSA) is 121 Å². The van der Waals surface area contributed by atoms with Crippen molar-refractivity contribution in [2.45, 2.75) is 51.9 Å². The van der Waals surface area contributed by atoms with Crippen LogP contribution in [0.2, 0.25) is 0 Å². The summed E-state index contributed by atoms with van der Waals surface area (Å²) in [6.07, 6.45) is 2.87. The molecule has 0 bridgehead atoms. The highest BCUT2D eigenvalue weighted by molar-refractivity contribution is 7.17. The summed E-state index contributed by atoms with van der Waals surface area (Å²) in [6, 6.07) is 16.9. The Kier molecular flexibility index (Phi) is 9.61. The van der Waals surface area contributed by atoms with Gasteiger partial charge in [-0.2, -0.15) is 0 Å². The molecule has 4 aromatic rings. The maximum atomic E-state index is 13.6. The van der Waals surface area contributed by atoms with Crippen LogP contribution in [0.5, 0.6) is 11.5 Å². The van der Waals surface area contributed by atoms with Crippen molar-refractivity contribution in [1.29, 1.82) is 0 Å². The van der Waals surface area contributed by atoms with Crippen molar-refractivity contribution in [3.05, 3.63) is 91.9 Å². The highest BCUT2D eigenvalue weighted by atomic mass is 32.1. The zero-order chi connectivity index (χ0) is 30.3. The van der Waals surface area contributed by atoms with Gasteiger partial charge in [0.25, 0.3) is 5.56 Å². The van der Waals surface area contributed by atoms with E-state index in [1.165, 1.54) is 27.6 Å². The number of benzene rings is 2. The largest absolute Gasteiger partial charge is 0.493 e. The molecule has 0 atom stereocenters. The Labute approximate surface area is 253 Å². The van der Waals surface area contributed by atoms with Gasteiger partial charge in [-0.25, -0.2) is 4.79 Å². The minimum atomic E-state index is -0.507. The molecule has 2 amide bonds. The highest BCUT2D eigenvalue weighted by Gasteiger charge is 2.28. The number of nitrogens with one attached hydrogen (secondary N) is 2. The van der Waals surface area contributed by atoms with Crippen LogP contribution >= 0.6 is 11.3 Å². The number of ether oxygens (including phenoxy) is 2. The number of aromatic nitrogens is 2. The Bertz CT molecular complexity index is 1700. The van der Waals surface area contributed by atoms with E-state index < -0.39 is 5.69 Å². The van der Waals surface area contributed by atoms with Gasteiger partial charge in [-0.3, -0.25) is 23.5 Å². The van der Waals surface area contributed by atoms with Gasteiger partial charge in [-0.05, 0) is 54.7 Å². The Balaban J connectivity index is 1.24. The lowest BCUT2D eigenvalue weighted by Crippen LogP contribution is -2.43. The lowest BCUT2D eigenvalue weighted by molar-refractivity contribution is -0.126. The quantitative estimate of drug-likeness (QED) is 0.270. The minimum Gasteiger partial charge on any atom is -0.493 e. The number of carbonyl (C=O) groups is 2. The number of carbonyl (C=O) groups excluding carboxylic acids is 2. The number of hydrogen-bond donors (Lipinski definition) is 2. The Morgan fingerprint density at radius 1 is 0.884 bits per heavy atom. The van der Waals surface area contributed by atoms with E-state index in [1.807, 2.05) is 42.5 Å². The minimum absolute atomic E-state index is 0.0411. The fourth-order valence-corrected chi connectivity index (χ4v) is 6.57. The summed E-state index contributed by atoms with van der Waals surface area (Å²) in [5, 5.41) is 7.64. The number of fused-ring (bicyclic) bond motifs is 1. The van der Waals surface area contributed by atoms with Gasteiger partial charge >= 0.3 is 5.69 Å². The van der Waals surface area contributed by atoms with Gasteiger partial charge in [0.2, 0.25) is 11.8 Å². The van der Waals surface area contributed by atoms with E-state index in [0.717, 1.165) is 24.0 Å². The van der Waals surface area contributed by atoms with E-state index in [1.54, 1.807) is 24.6 Å². The SMILES string of the molecule is COc1cccc(CNC(=O)Cn2c(=O)n(CC3CCC(C(=O)NCc4ccccc4)CC3)c(=O)c3sccc32)c1OC. The van der Waals surface area contributed by atoms with Crippen LogP contribution in [-0.2, 0) is 35.8 Å². The van der Waals surface area contributed by atoms with Crippen molar-refractivity contribution in [2.24, 2.45) is 11.8 Å². The Morgan fingerprint density at radius 3 is 2.37 bits per heavy atom. The molecule has 1 aliphatic rings. The first-order chi connectivity index (χ1) is 20.9. The molecule has 0 radical (unpaired) electrons. The van der Waals surface area contributed by atoms with Crippen LogP contribution in [0.25, 0.3) is 10.2 Å². The van der Waals surface area contributed by atoms with Crippen LogP contribution in [0.1, 0.15) is 36.8 Å². The summed E-state index contributed by atoms with van der Waals surface area (Å²) in [5.74, 6) is 0.758. The zero-order valence-corrected chi connectivity index (χ0v) is 25.2. The molecule has 2 aromatic carbocycles. The molecule has 2 aromatic heterocycles. The van der Waals surface area contributed by atoms with Gasteiger partial charge in [-0.1, -0.05) is 42.5 Å². The van der Waals surface area contributed by atoms with Crippen LogP contribution in [0.3, 0.4) is 0 Å². The molecule has 5 rings (SSSR count). The second-order valence-corrected chi connectivity index (χ2v) is 11.7. The van der Waals surface area contributed by atoms with Gasteiger partial charge in [0, 0.05) is 31.1 Å².